The summed E-state index contributed by atoms with van der Waals surface area (Å²) < 4.78 is 0. The molecule has 0 saturated carbocycles. The summed E-state index contributed by atoms with van der Waals surface area (Å²) in [7, 11) is 0. The zero-order valence-corrected chi connectivity index (χ0v) is 12.1. The van der Waals surface area contributed by atoms with Crippen LogP contribution in [0, 0.1) is 17.0 Å². The molecule has 0 aliphatic carbocycles. The van der Waals surface area contributed by atoms with Gasteiger partial charge in [0, 0.05) is 17.5 Å². The lowest BCUT2D eigenvalue weighted by molar-refractivity contribution is -0.383. The van der Waals surface area contributed by atoms with E-state index in [0.29, 0.717) is 11.4 Å². The van der Waals surface area contributed by atoms with Gasteiger partial charge in [0.25, 0.3) is 11.6 Å². The zero-order chi connectivity index (χ0) is 15.4. The number of aryl methyl sites for hydroxylation is 1. The van der Waals surface area contributed by atoms with E-state index in [2.05, 4.69) is 5.32 Å². The maximum atomic E-state index is 12.2. The van der Waals surface area contributed by atoms with Gasteiger partial charge in [0.2, 0.25) is 0 Å². The van der Waals surface area contributed by atoms with Gasteiger partial charge in [-0.25, -0.2) is 0 Å². The van der Waals surface area contributed by atoms with Crippen LogP contribution in [0.15, 0.2) is 42.5 Å². The van der Waals surface area contributed by atoms with Gasteiger partial charge in [-0.05, 0) is 36.2 Å². The monoisotopic (exact) mass is 304 g/mol. The van der Waals surface area contributed by atoms with Crippen molar-refractivity contribution < 1.29 is 9.72 Å². The van der Waals surface area contributed by atoms with Crippen LogP contribution in [-0.4, -0.2) is 10.8 Å². The summed E-state index contributed by atoms with van der Waals surface area (Å²) in [6.45, 7) is 1.80. The van der Waals surface area contributed by atoms with Gasteiger partial charge >= 0.3 is 0 Å². The fourth-order valence-electron chi connectivity index (χ4n) is 1.90. The van der Waals surface area contributed by atoms with Gasteiger partial charge < -0.3 is 5.32 Å². The molecule has 0 aliphatic rings. The van der Waals surface area contributed by atoms with Gasteiger partial charge in [-0.2, -0.15) is 0 Å². The molecule has 0 bridgehead atoms. The van der Waals surface area contributed by atoms with Crippen molar-refractivity contribution in [1.29, 1.82) is 0 Å². The van der Waals surface area contributed by atoms with Gasteiger partial charge in [0.1, 0.15) is 5.69 Å². The molecule has 0 unspecified atom stereocenters. The number of nitrogens with one attached hydrogen (secondary N) is 1. The number of alkyl halides is 1. The van der Waals surface area contributed by atoms with Gasteiger partial charge in [0.05, 0.1) is 4.92 Å². The standard InChI is InChI=1S/C15H13ClN2O3/c1-10-5-6-14(18(20)21)13(7-10)17-15(19)12-4-2-3-11(8-12)9-16/h2-8H,9H2,1H3,(H,17,19). The molecular formula is C15H13ClN2O3. The molecule has 2 aromatic rings. The van der Waals surface area contributed by atoms with Crippen LogP contribution in [0.1, 0.15) is 21.5 Å². The maximum absolute atomic E-state index is 12.2. The molecule has 0 radical (unpaired) electrons. The molecule has 21 heavy (non-hydrogen) atoms. The molecular weight excluding hydrogens is 292 g/mol. The van der Waals surface area contributed by atoms with Crippen LogP contribution in [0.3, 0.4) is 0 Å². The van der Waals surface area contributed by atoms with Gasteiger partial charge in [-0.1, -0.05) is 18.2 Å². The fraction of sp³-hybridized carbons (Fsp3) is 0.133. The van der Waals surface area contributed by atoms with E-state index in [0.717, 1.165) is 11.1 Å². The number of amides is 1. The molecule has 0 fully saturated rings. The van der Waals surface area contributed by atoms with E-state index in [9.17, 15) is 14.9 Å². The molecule has 2 rings (SSSR count). The Morgan fingerprint density at radius 1 is 1.29 bits per heavy atom. The van der Waals surface area contributed by atoms with Crippen LogP contribution in [0.2, 0.25) is 0 Å². The molecule has 0 atom stereocenters. The Morgan fingerprint density at radius 2 is 2.05 bits per heavy atom. The number of halogens is 1. The van der Waals surface area contributed by atoms with Crippen LogP contribution < -0.4 is 5.32 Å². The number of carbonyl (C=O) groups excluding carboxylic acids is 1. The Bertz CT molecular complexity index is 701. The zero-order valence-electron chi connectivity index (χ0n) is 11.3. The first-order valence-corrected chi connectivity index (χ1v) is 6.76. The smallest absolute Gasteiger partial charge is 0.292 e. The lowest BCUT2D eigenvalue weighted by atomic mass is 10.1. The predicted molar refractivity (Wildman–Crippen MR) is 81.8 cm³/mol. The van der Waals surface area contributed by atoms with Crippen molar-refractivity contribution in [3.8, 4) is 0 Å². The second-order valence-electron chi connectivity index (χ2n) is 4.57. The predicted octanol–water partition coefficient (Wildman–Crippen LogP) is 3.89. The van der Waals surface area contributed by atoms with Gasteiger partial charge in [-0.15, -0.1) is 11.6 Å². The van der Waals surface area contributed by atoms with Crippen LogP contribution in [0.5, 0.6) is 0 Å². The van der Waals surface area contributed by atoms with Crippen molar-refractivity contribution in [2.24, 2.45) is 0 Å². The number of anilines is 1. The average molecular weight is 305 g/mol. The number of nitro groups is 1. The highest BCUT2D eigenvalue weighted by Gasteiger charge is 2.16. The summed E-state index contributed by atoms with van der Waals surface area (Å²) >= 11 is 5.73. The molecule has 0 aromatic heterocycles. The van der Waals surface area contributed by atoms with Crippen LogP contribution >= 0.6 is 11.6 Å². The van der Waals surface area contributed by atoms with E-state index >= 15 is 0 Å². The minimum Gasteiger partial charge on any atom is -0.316 e. The summed E-state index contributed by atoms with van der Waals surface area (Å²) in [6, 6.07) is 11.4. The van der Waals surface area contributed by atoms with Gasteiger partial charge in [0.15, 0.2) is 0 Å². The number of hydrogen-bond acceptors (Lipinski definition) is 3. The van der Waals surface area contributed by atoms with Crippen molar-refractivity contribution in [3.63, 3.8) is 0 Å². The quantitative estimate of drug-likeness (QED) is 0.529. The van der Waals surface area contributed by atoms with Crippen LogP contribution in [0.25, 0.3) is 0 Å². The van der Waals surface area contributed by atoms with E-state index in [1.165, 1.54) is 6.07 Å². The summed E-state index contributed by atoms with van der Waals surface area (Å²) in [4.78, 5) is 22.7. The Labute approximate surface area is 126 Å². The first kappa shape index (κ1) is 15.0. The van der Waals surface area contributed by atoms with E-state index < -0.39 is 10.8 Å². The largest absolute Gasteiger partial charge is 0.316 e. The van der Waals surface area contributed by atoms with Crippen LogP contribution in [-0.2, 0) is 5.88 Å². The normalized spacial score (nSPS) is 10.2. The summed E-state index contributed by atoms with van der Waals surface area (Å²) in [5.74, 6) is -0.109. The number of nitrogens with zero attached hydrogens (tertiary/aromatic N) is 1. The third-order valence-electron chi connectivity index (χ3n) is 2.94. The van der Waals surface area contributed by atoms with Crippen molar-refractivity contribution >= 4 is 28.9 Å². The molecule has 5 nitrogen and oxygen atoms in total. The third kappa shape index (κ3) is 3.58. The Morgan fingerprint density at radius 3 is 2.71 bits per heavy atom. The fourth-order valence-corrected chi connectivity index (χ4v) is 2.07. The molecule has 0 heterocycles. The molecule has 1 amide bonds. The Hall–Kier alpha value is -2.40. The lowest BCUT2D eigenvalue weighted by Gasteiger charge is -2.07. The van der Waals surface area contributed by atoms with Crippen molar-refractivity contribution in [3.05, 3.63) is 69.3 Å². The van der Waals surface area contributed by atoms with E-state index in [1.54, 1.807) is 43.3 Å². The average Bonchev–Trinajstić information content (AvgIpc) is 2.47. The lowest BCUT2D eigenvalue weighted by Crippen LogP contribution is -2.13. The summed E-state index contributed by atoms with van der Waals surface area (Å²) in [5.41, 5.74) is 2.08. The highest BCUT2D eigenvalue weighted by Crippen LogP contribution is 2.25. The Balaban J connectivity index is 2.30. The number of nitro benzene ring substituents is 1. The van der Waals surface area contributed by atoms with Crippen molar-refractivity contribution in [1.82, 2.24) is 0 Å². The molecule has 0 spiro atoms. The van der Waals surface area contributed by atoms with Crippen molar-refractivity contribution in [2.75, 3.05) is 5.32 Å². The number of rotatable bonds is 4. The maximum Gasteiger partial charge on any atom is 0.292 e. The topological polar surface area (TPSA) is 72.2 Å². The first-order chi connectivity index (χ1) is 10.0. The molecule has 1 N–H and O–H groups in total. The minimum absolute atomic E-state index is 0.137. The first-order valence-electron chi connectivity index (χ1n) is 6.22. The summed E-state index contributed by atoms with van der Waals surface area (Å²) in [5, 5.41) is 13.6. The molecule has 0 saturated heterocycles. The third-order valence-corrected chi connectivity index (χ3v) is 3.25. The van der Waals surface area contributed by atoms with E-state index in [-0.39, 0.29) is 11.4 Å². The SMILES string of the molecule is Cc1ccc([N+](=O)[O-])c(NC(=O)c2cccc(CCl)c2)c1. The Kier molecular flexibility index (Phi) is 4.55. The van der Waals surface area contributed by atoms with Gasteiger partial charge in [-0.3, -0.25) is 14.9 Å². The number of benzene rings is 2. The molecule has 0 aliphatic heterocycles. The second kappa shape index (κ2) is 6.37. The minimum atomic E-state index is -0.524. The van der Waals surface area contributed by atoms with Crippen LogP contribution in [0.4, 0.5) is 11.4 Å². The molecule has 108 valence electrons. The highest BCUT2D eigenvalue weighted by atomic mass is 35.5. The highest BCUT2D eigenvalue weighted by molar-refractivity contribution is 6.17. The molecule has 2 aromatic carbocycles. The second-order valence-corrected chi connectivity index (χ2v) is 4.83. The summed E-state index contributed by atoms with van der Waals surface area (Å²) in [6.07, 6.45) is 0. The number of carbonyl (C=O) groups is 1. The molecule has 6 heteroatoms. The van der Waals surface area contributed by atoms with Crippen molar-refractivity contribution in [2.45, 2.75) is 12.8 Å². The number of hydrogen-bond donors (Lipinski definition) is 1. The van der Waals surface area contributed by atoms with E-state index in [4.69, 9.17) is 11.6 Å². The van der Waals surface area contributed by atoms with E-state index in [1.807, 2.05) is 0 Å².